The fourth-order valence-corrected chi connectivity index (χ4v) is 2.37. The van der Waals surface area contributed by atoms with Crippen LogP contribution in [0, 0.1) is 0 Å². The number of hydrogen-bond acceptors (Lipinski definition) is 5. The van der Waals surface area contributed by atoms with Crippen molar-refractivity contribution in [3.05, 3.63) is 36.4 Å². The van der Waals surface area contributed by atoms with Gasteiger partial charge in [-0.15, -0.1) is 0 Å². The third-order valence-electron chi connectivity index (χ3n) is 3.46. The molecule has 2 aliphatic heterocycles. The third-order valence-corrected chi connectivity index (χ3v) is 3.46. The van der Waals surface area contributed by atoms with Crippen LogP contribution in [0.15, 0.2) is 36.4 Å². The Morgan fingerprint density at radius 3 is 2.52 bits per heavy atom. The van der Waals surface area contributed by atoms with Crippen LogP contribution in [0.2, 0.25) is 0 Å². The summed E-state index contributed by atoms with van der Waals surface area (Å²) in [7, 11) is 1.63. The van der Waals surface area contributed by atoms with E-state index in [0.717, 1.165) is 11.5 Å². The fraction of sp³-hybridized carbons (Fsp3) is 0.500. The molecule has 3 rings (SSSR count). The summed E-state index contributed by atoms with van der Waals surface area (Å²) in [6, 6.07) is 7.39. The first-order valence-corrected chi connectivity index (χ1v) is 7.02. The Bertz CT molecular complexity index is 508. The molecule has 0 aliphatic carbocycles. The first kappa shape index (κ1) is 14.4. The highest BCUT2D eigenvalue weighted by molar-refractivity contribution is 5.31. The summed E-state index contributed by atoms with van der Waals surface area (Å²) in [5.41, 5.74) is 0. The standard InChI is InChI=1S/C16H20O5/c1-16(2)18-10-14-13(21-16)8-9-15(20-14)19-12-6-4-11(17-3)5-7-12/h4-9,13-15H,10H2,1-3H3/t13-,14+,15-/m0/s1. The van der Waals surface area contributed by atoms with Crippen molar-refractivity contribution in [2.75, 3.05) is 13.7 Å². The van der Waals surface area contributed by atoms with Crippen LogP contribution in [-0.4, -0.2) is 38.0 Å². The molecule has 0 spiro atoms. The van der Waals surface area contributed by atoms with Gasteiger partial charge in [0.1, 0.15) is 23.7 Å². The topological polar surface area (TPSA) is 46.2 Å². The number of fused-ring (bicyclic) bond motifs is 1. The predicted octanol–water partition coefficient (Wildman–Crippen LogP) is 2.51. The molecule has 0 unspecified atom stereocenters. The molecule has 1 aromatic rings. The Morgan fingerprint density at radius 2 is 1.81 bits per heavy atom. The first-order valence-electron chi connectivity index (χ1n) is 7.02. The molecule has 0 saturated carbocycles. The van der Waals surface area contributed by atoms with Gasteiger partial charge in [0, 0.05) is 0 Å². The summed E-state index contributed by atoms with van der Waals surface area (Å²) in [6.07, 6.45) is 3.17. The molecule has 0 amide bonds. The normalized spacial score (nSPS) is 30.5. The van der Waals surface area contributed by atoms with E-state index >= 15 is 0 Å². The summed E-state index contributed by atoms with van der Waals surface area (Å²) in [5.74, 6) is 0.944. The second-order valence-electron chi connectivity index (χ2n) is 5.51. The van der Waals surface area contributed by atoms with E-state index in [4.69, 9.17) is 23.7 Å². The van der Waals surface area contributed by atoms with Crippen molar-refractivity contribution in [1.29, 1.82) is 0 Å². The smallest absolute Gasteiger partial charge is 0.220 e. The largest absolute Gasteiger partial charge is 0.497 e. The molecule has 0 N–H and O–H groups in total. The van der Waals surface area contributed by atoms with Gasteiger partial charge >= 0.3 is 0 Å². The van der Waals surface area contributed by atoms with Gasteiger partial charge in [-0.05, 0) is 44.2 Å². The van der Waals surface area contributed by atoms with Crippen molar-refractivity contribution in [2.24, 2.45) is 0 Å². The maximum Gasteiger partial charge on any atom is 0.220 e. The minimum atomic E-state index is -0.571. The van der Waals surface area contributed by atoms with Gasteiger partial charge in [-0.3, -0.25) is 0 Å². The molecule has 5 heteroatoms. The zero-order valence-corrected chi connectivity index (χ0v) is 12.4. The SMILES string of the molecule is COc1ccc(O[C@@H]2C=C[C@@H]3OC(C)(C)OC[C@H]3O2)cc1. The average Bonchev–Trinajstić information content (AvgIpc) is 2.48. The van der Waals surface area contributed by atoms with Crippen molar-refractivity contribution in [1.82, 2.24) is 0 Å². The molecule has 5 nitrogen and oxygen atoms in total. The molecule has 0 radical (unpaired) electrons. The number of methoxy groups -OCH3 is 1. The van der Waals surface area contributed by atoms with Crippen LogP contribution in [-0.2, 0) is 14.2 Å². The zero-order chi connectivity index (χ0) is 14.9. The van der Waals surface area contributed by atoms with Gasteiger partial charge < -0.3 is 23.7 Å². The van der Waals surface area contributed by atoms with E-state index in [2.05, 4.69) is 0 Å². The van der Waals surface area contributed by atoms with Crippen molar-refractivity contribution in [3.8, 4) is 11.5 Å². The molecule has 114 valence electrons. The Kier molecular flexibility index (Phi) is 3.89. The van der Waals surface area contributed by atoms with Gasteiger partial charge in [0.25, 0.3) is 0 Å². The van der Waals surface area contributed by atoms with E-state index in [1.54, 1.807) is 7.11 Å². The van der Waals surface area contributed by atoms with Crippen molar-refractivity contribution in [2.45, 2.75) is 38.1 Å². The van der Waals surface area contributed by atoms with Crippen LogP contribution in [0.5, 0.6) is 11.5 Å². The highest BCUT2D eigenvalue weighted by Gasteiger charge is 2.39. The molecular formula is C16H20O5. The van der Waals surface area contributed by atoms with Gasteiger partial charge in [0.2, 0.25) is 6.29 Å². The Hall–Kier alpha value is -1.56. The van der Waals surface area contributed by atoms with Crippen LogP contribution in [0.3, 0.4) is 0 Å². The monoisotopic (exact) mass is 292 g/mol. The van der Waals surface area contributed by atoms with Crippen LogP contribution < -0.4 is 9.47 Å². The lowest BCUT2D eigenvalue weighted by Gasteiger charge is -2.42. The number of rotatable bonds is 3. The van der Waals surface area contributed by atoms with Crippen molar-refractivity contribution >= 4 is 0 Å². The minimum absolute atomic E-state index is 0.0931. The highest BCUT2D eigenvalue weighted by atomic mass is 16.8. The molecule has 2 aliphatic rings. The Labute approximate surface area is 124 Å². The number of benzene rings is 1. The van der Waals surface area contributed by atoms with Gasteiger partial charge in [-0.25, -0.2) is 0 Å². The second kappa shape index (κ2) is 5.67. The average molecular weight is 292 g/mol. The molecule has 21 heavy (non-hydrogen) atoms. The first-order chi connectivity index (χ1) is 10.1. The number of ether oxygens (including phenoxy) is 5. The summed E-state index contributed by atoms with van der Waals surface area (Å²) >= 11 is 0. The lowest BCUT2D eigenvalue weighted by atomic mass is 10.1. The summed E-state index contributed by atoms with van der Waals surface area (Å²) in [5, 5.41) is 0. The van der Waals surface area contributed by atoms with Crippen LogP contribution in [0.25, 0.3) is 0 Å². The fourth-order valence-electron chi connectivity index (χ4n) is 2.37. The lowest BCUT2D eigenvalue weighted by molar-refractivity contribution is -0.314. The van der Waals surface area contributed by atoms with E-state index in [1.165, 1.54) is 0 Å². The van der Waals surface area contributed by atoms with Crippen LogP contribution >= 0.6 is 0 Å². The Morgan fingerprint density at radius 1 is 1.10 bits per heavy atom. The van der Waals surface area contributed by atoms with E-state index in [-0.39, 0.29) is 12.2 Å². The molecule has 3 atom stereocenters. The van der Waals surface area contributed by atoms with E-state index < -0.39 is 12.1 Å². The molecule has 0 bridgehead atoms. The maximum absolute atomic E-state index is 5.85. The molecule has 0 aromatic heterocycles. The highest BCUT2D eigenvalue weighted by Crippen LogP contribution is 2.29. The molecule has 1 saturated heterocycles. The number of hydrogen-bond donors (Lipinski definition) is 0. The minimum Gasteiger partial charge on any atom is -0.497 e. The third kappa shape index (κ3) is 3.37. The van der Waals surface area contributed by atoms with Gasteiger partial charge in [-0.1, -0.05) is 6.08 Å². The quantitative estimate of drug-likeness (QED) is 0.801. The van der Waals surface area contributed by atoms with Crippen molar-refractivity contribution < 1.29 is 23.7 Å². The zero-order valence-electron chi connectivity index (χ0n) is 12.4. The van der Waals surface area contributed by atoms with Gasteiger partial charge in [-0.2, -0.15) is 0 Å². The molecule has 1 aromatic carbocycles. The molecular weight excluding hydrogens is 272 g/mol. The van der Waals surface area contributed by atoms with Crippen LogP contribution in [0.4, 0.5) is 0 Å². The van der Waals surface area contributed by atoms with Crippen molar-refractivity contribution in [3.63, 3.8) is 0 Å². The summed E-state index contributed by atoms with van der Waals surface area (Å²) in [4.78, 5) is 0. The van der Waals surface area contributed by atoms with E-state index in [0.29, 0.717) is 6.61 Å². The predicted molar refractivity (Wildman–Crippen MR) is 76.3 cm³/mol. The van der Waals surface area contributed by atoms with Crippen LogP contribution in [0.1, 0.15) is 13.8 Å². The second-order valence-corrected chi connectivity index (χ2v) is 5.51. The van der Waals surface area contributed by atoms with Gasteiger partial charge in [0.15, 0.2) is 5.79 Å². The lowest BCUT2D eigenvalue weighted by Crippen LogP contribution is -2.52. The van der Waals surface area contributed by atoms with E-state index in [1.807, 2.05) is 50.3 Å². The Balaban J connectivity index is 1.63. The molecule has 2 heterocycles. The molecule has 1 fully saturated rings. The maximum atomic E-state index is 5.85. The summed E-state index contributed by atoms with van der Waals surface area (Å²) in [6.45, 7) is 4.29. The van der Waals surface area contributed by atoms with E-state index in [9.17, 15) is 0 Å². The van der Waals surface area contributed by atoms with Gasteiger partial charge in [0.05, 0.1) is 13.7 Å². The summed E-state index contributed by atoms with van der Waals surface area (Å²) < 4.78 is 28.2.